The largest absolute Gasteiger partial charge is 0.469 e. The standard InChI is InChI=1S/C24H20ClN3O3S/c1-16(15-20-3-2-14-31-20)26-24(30)17-4-8-19(9-5-17)28-23(29)13-12-22(27-28)32-21-10-6-18(25)7-11-21/h2-14,16H,15H2,1H3,(H,26,30)/t16-/m0/s1. The van der Waals surface area contributed by atoms with E-state index in [9.17, 15) is 9.59 Å². The predicted molar refractivity (Wildman–Crippen MR) is 125 cm³/mol. The van der Waals surface area contributed by atoms with E-state index in [2.05, 4.69) is 10.4 Å². The normalized spacial score (nSPS) is 11.8. The molecule has 0 spiro atoms. The molecule has 0 aliphatic rings. The molecule has 162 valence electrons. The highest BCUT2D eigenvalue weighted by atomic mass is 35.5. The molecule has 2 aromatic carbocycles. The Morgan fingerprint density at radius 3 is 2.53 bits per heavy atom. The summed E-state index contributed by atoms with van der Waals surface area (Å²) in [5.74, 6) is 0.623. The number of carbonyl (C=O) groups is 1. The first kappa shape index (κ1) is 21.9. The van der Waals surface area contributed by atoms with Gasteiger partial charge in [0.05, 0.1) is 12.0 Å². The van der Waals surface area contributed by atoms with Gasteiger partial charge in [0.2, 0.25) is 0 Å². The number of hydrogen-bond donors (Lipinski definition) is 1. The Labute approximate surface area is 194 Å². The molecule has 0 bridgehead atoms. The molecule has 0 saturated carbocycles. The lowest BCUT2D eigenvalue weighted by Crippen LogP contribution is -2.34. The van der Waals surface area contributed by atoms with Crippen LogP contribution in [-0.2, 0) is 6.42 Å². The van der Waals surface area contributed by atoms with Crippen LogP contribution in [0.15, 0.2) is 98.2 Å². The van der Waals surface area contributed by atoms with Crippen molar-refractivity contribution in [3.05, 3.63) is 106 Å². The number of halogens is 1. The molecule has 2 heterocycles. The minimum atomic E-state index is -0.255. The van der Waals surface area contributed by atoms with Crippen molar-refractivity contribution in [1.82, 2.24) is 15.1 Å². The second-order valence-electron chi connectivity index (χ2n) is 7.18. The zero-order valence-electron chi connectivity index (χ0n) is 17.2. The predicted octanol–water partition coefficient (Wildman–Crippen LogP) is 4.99. The molecule has 6 nitrogen and oxygen atoms in total. The van der Waals surface area contributed by atoms with Crippen LogP contribution in [0.1, 0.15) is 23.0 Å². The van der Waals surface area contributed by atoms with Gasteiger partial charge in [-0.3, -0.25) is 9.59 Å². The minimum Gasteiger partial charge on any atom is -0.469 e. The summed E-state index contributed by atoms with van der Waals surface area (Å²) in [6, 6.07) is 20.9. The summed E-state index contributed by atoms with van der Waals surface area (Å²) in [6.07, 6.45) is 2.22. The number of aromatic nitrogens is 2. The average Bonchev–Trinajstić information content (AvgIpc) is 3.29. The van der Waals surface area contributed by atoms with Crippen molar-refractivity contribution in [3.8, 4) is 5.69 Å². The third-order valence-corrected chi connectivity index (χ3v) is 5.84. The number of furan rings is 1. The molecular formula is C24H20ClN3O3S. The van der Waals surface area contributed by atoms with E-state index in [1.54, 1.807) is 48.7 Å². The van der Waals surface area contributed by atoms with Crippen LogP contribution in [0.4, 0.5) is 0 Å². The summed E-state index contributed by atoms with van der Waals surface area (Å²) in [4.78, 5) is 25.9. The maximum absolute atomic E-state index is 12.5. The van der Waals surface area contributed by atoms with E-state index >= 15 is 0 Å². The summed E-state index contributed by atoms with van der Waals surface area (Å²) in [7, 11) is 0. The highest BCUT2D eigenvalue weighted by Crippen LogP contribution is 2.26. The Kier molecular flexibility index (Phi) is 6.78. The first-order chi connectivity index (χ1) is 15.5. The Morgan fingerprint density at radius 2 is 1.84 bits per heavy atom. The van der Waals surface area contributed by atoms with Crippen molar-refractivity contribution < 1.29 is 9.21 Å². The molecule has 0 aliphatic carbocycles. The van der Waals surface area contributed by atoms with Crippen molar-refractivity contribution in [2.45, 2.75) is 29.3 Å². The highest BCUT2D eigenvalue weighted by Gasteiger charge is 2.12. The van der Waals surface area contributed by atoms with E-state index in [-0.39, 0.29) is 17.5 Å². The van der Waals surface area contributed by atoms with E-state index in [0.717, 1.165) is 10.7 Å². The van der Waals surface area contributed by atoms with Gasteiger partial charge in [0.25, 0.3) is 11.5 Å². The van der Waals surface area contributed by atoms with Gasteiger partial charge in [-0.2, -0.15) is 9.78 Å². The number of nitrogens with zero attached hydrogens (tertiary/aromatic N) is 2. The van der Waals surface area contributed by atoms with Crippen LogP contribution >= 0.6 is 23.4 Å². The lowest BCUT2D eigenvalue weighted by Gasteiger charge is -2.13. The average molecular weight is 466 g/mol. The van der Waals surface area contributed by atoms with E-state index in [1.807, 2.05) is 31.2 Å². The molecule has 0 unspecified atom stereocenters. The van der Waals surface area contributed by atoms with Gasteiger partial charge in [-0.1, -0.05) is 23.4 Å². The van der Waals surface area contributed by atoms with Crippen LogP contribution in [0.5, 0.6) is 0 Å². The van der Waals surface area contributed by atoms with E-state index in [4.69, 9.17) is 16.0 Å². The van der Waals surface area contributed by atoms with Crippen molar-refractivity contribution in [2.75, 3.05) is 0 Å². The van der Waals surface area contributed by atoms with Crippen LogP contribution in [0.3, 0.4) is 0 Å². The number of rotatable bonds is 7. The maximum Gasteiger partial charge on any atom is 0.271 e. The van der Waals surface area contributed by atoms with Gasteiger partial charge in [0.15, 0.2) is 0 Å². The SMILES string of the molecule is C[C@@H](Cc1ccco1)NC(=O)c1ccc(-n2nc(Sc3ccc(Cl)cc3)ccc2=O)cc1. The maximum atomic E-state index is 12.5. The lowest BCUT2D eigenvalue weighted by molar-refractivity contribution is 0.0939. The van der Waals surface area contributed by atoms with E-state index < -0.39 is 0 Å². The van der Waals surface area contributed by atoms with Crippen molar-refractivity contribution in [1.29, 1.82) is 0 Å². The quantitative estimate of drug-likeness (QED) is 0.416. The van der Waals surface area contributed by atoms with Crippen molar-refractivity contribution in [2.24, 2.45) is 0 Å². The Morgan fingerprint density at radius 1 is 1.09 bits per heavy atom. The third kappa shape index (κ3) is 5.49. The zero-order chi connectivity index (χ0) is 22.5. The second kappa shape index (κ2) is 9.89. The smallest absolute Gasteiger partial charge is 0.271 e. The van der Waals surface area contributed by atoms with Gasteiger partial charge < -0.3 is 9.73 Å². The molecule has 0 saturated heterocycles. The van der Waals surface area contributed by atoms with Crippen LogP contribution < -0.4 is 10.9 Å². The second-order valence-corrected chi connectivity index (χ2v) is 8.71. The van der Waals surface area contributed by atoms with Gasteiger partial charge in [0, 0.05) is 34.0 Å². The molecule has 8 heteroatoms. The fraction of sp³-hybridized carbons (Fsp3) is 0.125. The number of benzene rings is 2. The molecule has 1 amide bonds. The summed E-state index contributed by atoms with van der Waals surface area (Å²) in [5, 5.41) is 8.72. The van der Waals surface area contributed by atoms with Gasteiger partial charge in [-0.25, -0.2) is 0 Å². The third-order valence-electron chi connectivity index (χ3n) is 4.65. The number of carbonyl (C=O) groups excluding carboxylic acids is 1. The monoisotopic (exact) mass is 465 g/mol. The molecule has 2 aromatic heterocycles. The van der Waals surface area contributed by atoms with Crippen molar-refractivity contribution in [3.63, 3.8) is 0 Å². The van der Waals surface area contributed by atoms with Crippen molar-refractivity contribution >= 4 is 29.3 Å². The summed E-state index contributed by atoms with van der Waals surface area (Å²) in [5.41, 5.74) is 0.822. The van der Waals surface area contributed by atoms with E-state index in [0.29, 0.717) is 27.7 Å². The molecule has 32 heavy (non-hydrogen) atoms. The molecule has 4 aromatic rings. The molecule has 0 radical (unpaired) electrons. The number of amides is 1. The minimum absolute atomic E-state index is 0.0841. The first-order valence-electron chi connectivity index (χ1n) is 9.95. The summed E-state index contributed by atoms with van der Waals surface area (Å²) < 4.78 is 6.64. The fourth-order valence-corrected chi connectivity index (χ4v) is 4.00. The van der Waals surface area contributed by atoms with Crippen LogP contribution in [0, 0.1) is 0 Å². The molecule has 4 rings (SSSR count). The summed E-state index contributed by atoms with van der Waals surface area (Å²) >= 11 is 7.36. The van der Waals surface area contributed by atoms with Crippen LogP contribution in [0.25, 0.3) is 5.69 Å². The number of hydrogen-bond acceptors (Lipinski definition) is 5. The van der Waals surface area contributed by atoms with E-state index in [1.165, 1.54) is 22.5 Å². The molecule has 1 N–H and O–H groups in total. The van der Waals surface area contributed by atoms with Gasteiger partial charge in [-0.05, 0) is 73.7 Å². The van der Waals surface area contributed by atoms with Crippen LogP contribution in [0.2, 0.25) is 5.02 Å². The zero-order valence-corrected chi connectivity index (χ0v) is 18.8. The van der Waals surface area contributed by atoms with Gasteiger partial charge in [-0.15, -0.1) is 0 Å². The number of nitrogens with one attached hydrogen (secondary N) is 1. The van der Waals surface area contributed by atoms with Gasteiger partial charge in [0.1, 0.15) is 10.8 Å². The van der Waals surface area contributed by atoms with Gasteiger partial charge >= 0.3 is 0 Å². The highest BCUT2D eigenvalue weighted by molar-refractivity contribution is 7.99. The lowest BCUT2D eigenvalue weighted by atomic mass is 10.1. The Bertz CT molecular complexity index is 1250. The molecule has 1 atom stereocenters. The molecular weight excluding hydrogens is 446 g/mol. The first-order valence-corrected chi connectivity index (χ1v) is 11.1. The molecule has 0 fully saturated rings. The Balaban J connectivity index is 1.46. The van der Waals surface area contributed by atoms with Crippen LogP contribution in [-0.4, -0.2) is 21.7 Å². The Hall–Kier alpha value is -3.29. The molecule has 0 aliphatic heterocycles. The topological polar surface area (TPSA) is 77.1 Å². The fourth-order valence-electron chi connectivity index (χ4n) is 3.10. The summed E-state index contributed by atoms with van der Waals surface area (Å²) in [6.45, 7) is 1.92.